The molecular weight excluding hydrogens is 368 g/mol. The number of aromatic hydroxyl groups is 1. The van der Waals surface area contributed by atoms with E-state index in [0.717, 1.165) is 10.1 Å². The fourth-order valence-corrected chi connectivity index (χ4v) is 3.40. The van der Waals surface area contributed by atoms with Crippen molar-refractivity contribution in [3.05, 3.63) is 92.8 Å². The number of aromatic nitrogens is 1. The molecule has 1 heterocycles. The third kappa shape index (κ3) is 3.39. The summed E-state index contributed by atoms with van der Waals surface area (Å²) in [7, 11) is 1.44. The average molecular weight is 388 g/mol. The first-order chi connectivity index (χ1) is 13.9. The topological polar surface area (TPSA) is 92.3 Å². The van der Waals surface area contributed by atoms with Crippen LogP contribution >= 0.6 is 0 Å². The highest BCUT2D eigenvalue weighted by Crippen LogP contribution is 2.31. The van der Waals surface area contributed by atoms with Crippen LogP contribution in [0.3, 0.4) is 0 Å². The Morgan fingerprint density at radius 1 is 1.14 bits per heavy atom. The highest BCUT2D eigenvalue weighted by atomic mass is 16.5. The third-order valence-electron chi connectivity index (χ3n) is 4.99. The van der Waals surface area contributed by atoms with Gasteiger partial charge in [0.1, 0.15) is 17.4 Å². The predicted octanol–water partition coefficient (Wildman–Crippen LogP) is 3.58. The number of para-hydroxylation sites is 1. The Morgan fingerprint density at radius 2 is 1.76 bits per heavy atom. The number of pyridine rings is 1. The number of ether oxygens (including phenoxy) is 1. The van der Waals surface area contributed by atoms with Crippen molar-refractivity contribution in [1.29, 1.82) is 5.26 Å². The van der Waals surface area contributed by atoms with Crippen molar-refractivity contribution in [2.75, 3.05) is 7.11 Å². The van der Waals surface area contributed by atoms with Gasteiger partial charge in [-0.3, -0.25) is 14.2 Å². The van der Waals surface area contributed by atoms with Gasteiger partial charge in [-0.15, -0.1) is 0 Å². The first-order valence-corrected chi connectivity index (χ1v) is 9.03. The minimum absolute atomic E-state index is 0.0894. The second-order valence-electron chi connectivity index (χ2n) is 6.60. The molecule has 1 N–H and O–H groups in total. The maximum absolute atomic E-state index is 13.3. The predicted molar refractivity (Wildman–Crippen MR) is 109 cm³/mol. The number of ketones is 1. The molecule has 0 saturated carbocycles. The van der Waals surface area contributed by atoms with Gasteiger partial charge in [0.25, 0.3) is 5.56 Å². The van der Waals surface area contributed by atoms with Gasteiger partial charge in [-0.2, -0.15) is 5.26 Å². The van der Waals surface area contributed by atoms with Gasteiger partial charge in [0.2, 0.25) is 11.7 Å². The lowest BCUT2D eigenvalue weighted by Gasteiger charge is -2.21. The van der Waals surface area contributed by atoms with Gasteiger partial charge < -0.3 is 9.84 Å². The van der Waals surface area contributed by atoms with E-state index in [2.05, 4.69) is 0 Å². The van der Waals surface area contributed by atoms with Crippen LogP contribution in [0, 0.1) is 18.3 Å². The van der Waals surface area contributed by atoms with E-state index < -0.39 is 23.3 Å². The largest absolute Gasteiger partial charge is 0.496 e. The van der Waals surface area contributed by atoms with E-state index in [4.69, 9.17) is 4.74 Å². The van der Waals surface area contributed by atoms with Crippen molar-refractivity contribution >= 4 is 5.78 Å². The van der Waals surface area contributed by atoms with Gasteiger partial charge in [0.05, 0.1) is 24.3 Å². The van der Waals surface area contributed by atoms with Gasteiger partial charge in [-0.25, -0.2) is 0 Å². The molecule has 3 aromatic rings. The molecule has 2 aromatic carbocycles. The minimum atomic E-state index is -0.643. The minimum Gasteiger partial charge on any atom is -0.496 e. The Kier molecular flexibility index (Phi) is 5.51. The summed E-state index contributed by atoms with van der Waals surface area (Å²) in [5, 5.41) is 20.6. The quantitative estimate of drug-likeness (QED) is 0.675. The van der Waals surface area contributed by atoms with Crippen molar-refractivity contribution in [3.63, 3.8) is 0 Å². The summed E-state index contributed by atoms with van der Waals surface area (Å²) >= 11 is 0. The molecule has 6 heteroatoms. The molecule has 0 radical (unpaired) electrons. The summed E-state index contributed by atoms with van der Waals surface area (Å²) in [5.41, 5.74) is 0.221. The van der Waals surface area contributed by atoms with Crippen LogP contribution in [0.2, 0.25) is 0 Å². The SMILES string of the molecule is COc1ccccc1C(=O)c1c(C)c(C#N)c(=O)n(C(C)c2ccccc2)c1O. The summed E-state index contributed by atoms with van der Waals surface area (Å²) < 4.78 is 6.35. The molecule has 0 aliphatic heterocycles. The van der Waals surface area contributed by atoms with Crippen molar-refractivity contribution in [2.45, 2.75) is 19.9 Å². The number of nitriles is 1. The third-order valence-corrected chi connectivity index (χ3v) is 4.99. The molecule has 1 unspecified atom stereocenters. The molecule has 0 saturated heterocycles. The van der Waals surface area contributed by atoms with E-state index in [-0.39, 0.29) is 22.3 Å². The average Bonchev–Trinajstić information content (AvgIpc) is 2.74. The molecule has 6 nitrogen and oxygen atoms in total. The maximum atomic E-state index is 13.3. The second-order valence-corrected chi connectivity index (χ2v) is 6.60. The standard InChI is InChI=1S/C23H20N2O4/c1-14-18(13-24)22(27)25(15(2)16-9-5-4-6-10-16)23(28)20(14)21(26)17-11-7-8-12-19(17)29-3/h4-12,15,28H,1-3H3. The summed E-state index contributed by atoms with van der Waals surface area (Å²) in [6, 6.07) is 17.0. The molecule has 0 aliphatic rings. The summed E-state index contributed by atoms with van der Waals surface area (Å²) in [6.07, 6.45) is 0. The van der Waals surface area contributed by atoms with Crippen LogP contribution in [0.1, 0.15) is 45.6 Å². The Balaban J connectivity index is 2.30. The number of hydrogen-bond acceptors (Lipinski definition) is 5. The number of hydrogen-bond donors (Lipinski definition) is 1. The van der Waals surface area contributed by atoms with Crippen molar-refractivity contribution in [2.24, 2.45) is 0 Å². The Hall–Kier alpha value is -3.85. The Bertz CT molecular complexity index is 1170. The zero-order chi connectivity index (χ0) is 21.1. The van der Waals surface area contributed by atoms with E-state index in [1.165, 1.54) is 14.0 Å². The number of methoxy groups -OCH3 is 1. The molecule has 0 aliphatic carbocycles. The van der Waals surface area contributed by atoms with Crippen LogP contribution in [-0.4, -0.2) is 22.6 Å². The zero-order valence-corrected chi connectivity index (χ0v) is 16.3. The molecule has 0 amide bonds. The number of carbonyl (C=O) groups is 1. The lowest BCUT2D eigenvalue weighted by Crippen LogP contribution is -2.29. The molecule has 1 atom stereocenters. The van der Waals surface area contributed by atoms with Crippen LogP contribution in [0.4, 0.5) is 0 Å². The normalized spacial score (nSPS) is 11.5. The van der Waals surface area contributed by atoms with Gasteiger partial charge in [0.15, 0.2) is 0 Å². The van der Waals surface area contributed by atoms with E-state index in [9.17, 15) is 20.0 Å². The molecule has 0 spiro atoms. The summed E-state index contributed by atoms with van der Waals surface area (Å²) in [5.74, 6) is -0.662. The van der Waals surface area contributed by atoms with Gasteiger partial charge in [0, 0.05) is 0 Å². The molecule has 146 valence electrons. The number of carbonyl (C=O) groups excluding carboxylic acids is 1. The monoisotopic (exact) mass is 388 g/mol. The first kappa shape index (κ1) is 19.9. The maximum Gasteiger partial charge on any atom is 0.272 e. The van der Waals surface area contributed by atoms with Crippen LogP contribution in [-0.2, 0) is 0 Å². The fraction of sp³-hybridized carbons (Fsp3) is 0.174. The molecule has 29 heavy (non-hydrogen) atoms. The van der Waals surface area contributed by atoms with Crippen LogP contribution in [0.25, 0.3) is 0 Å². The Morgan fingerprint density at radius 3 is 2.38 bits per heavy atom. The van der Waals surface area contributed by atoms with Gasteiger partial charge in [-0.05, 0) is 37.1 Å². The highest BCUT2D eigenvalue weighted by Gasteiger charge is 2.28. The molecular formula is C23H20N2O4. The molecule has 3 rings (SSSR count). The molecule has 1 aromatic heterocycles. The van der Waals surface area contributed by atoms with E-state index in [1.54, 1.807) is 31.2 Å². The van der Waals surface area contributed by atoms with Crippen LogP contribution in [0.15, 0.2) is 59.4 Å². The van der Waals surface area contributed by atoms with Crippen molar-refractivity contribution in [1.82, 2.24) is 4.57 Å². The van der Waals surface area contributed by atoms with Crippen LogP contribution < -0.4 is 10.3 Å². The lowest BCUT2D eigenvalue weighted by molar-refractivity contribution is 0.103. The number of rotatable bonds is 5. The van der Waals surface area contributed by atoms with Gasteiger partial charge >= 0.3 is 0 Å². The van der Waals surface area contributed by atoms with Crippen molar-refractivity contribution in [3.8, 4) is 17.7 Å². The van der Waals surface area contributed by atoms with Gasteiger partial charge in [-0.1, -0.05) is 42.5 Å². The summed E-state index contributed by atoms with van der Waals surface area (Å²) in [4.78, 5) is 26.2. The molecule has 0 bridgehead atoms. The highest BCUT2D eigenvalue weighted by molar-refractivity contribution is 6.13. The lowest BCUT2D eigenvalue weighted by atomic mass is 9.96. The van der Waals surface area contributed by atoms with E-state index >= 15 is 0 Å². The number of benzene rings is 2. The zero-order valence-electron chi connectivity index (χ0n) is 16.3. The van der Waals surface area contributed by atoms with Crippen LogP contribution in [0.5, 0.6) is 11.6 Å². The smallest absolute Gasteiger partial charge is 0.272 e. The van der Waals surface area contributed by atoms with E-state index in [0.29, 0.717) is 5.75 Å². The van der Waals surface area contributed by atoms with E-state index in [1.807, 2.05) is 36.4 Å². The fourth-order valence-electron chi connectivity index (χ4n) is 3.40. The Labute approximate surface area is 168 Å². The number of nitrogens with zero attached hydrogens (tertiary/aromatic N) is 2. The van der Waals surface area contributed by atoms with Crippen molar-refractivity contribution < 1.29 is 14.6 Å². The summed E-state index contributed by atoms with van der Waals surface area (Å²) in [6.45, 7) is 3.21. The second kappa shape index (κ2) is 8.03. The molecule has 0 fully saturated rings. The first-order valence-electron chi connectivity index (χ1n) is 9.03.